The van der Waals surface area contributed by atoms with Crippen molar-refractivity contribution in [2.24, 2.45) is 0 Å². The Morgan fingerprint density at radius 3 is 2.07 bits per heavy atom. The van der Waals surface area contributed by atoms with Crippen LogP contribution in [0.1, 0.15) is 0 Å². The molecule has 0 amide bonds. The normalized spacial score (nSPS) is 11.7. The molecule has 0 N–H and O–H groups in total. The topological polar surface area (TPSA) is 29.3 Å². The van der Waals surface area contributed by atoms with Crippen LogP contribution in [0.5, 0.6) is 0 Å². The highest BCUT2D eigenvalue weighted by Gasteiger charge is 2.22. The van der Waals surface area contributed by atoms with Gasteiger partial charge in [-0.2, -0.15) is 0 Å². The third kappa shape index (κ3) is 3.84. The maximum Gasteiger partial charge on any atom is 0.137 e. The van der Waals surface area contributed by atoms with Crippen molar-refractivity contribution >= 4 is 82.1 Å². The van der Waals surface area contributed by atoms with E-state index in [0.29, 0.717) is 0 Å². The molecule has 0 saturated carbocycles. The Hall–Kier alpha value is -5.45. The van der Waals surface area contributed by atoms with Crippen LogP contribution in [0.25, 0.3) is 64.3 Å². The van der Waals surface area contributed by atoms with E-state index in [1.165, 1.54) is 26.2 Å². The van der Waals surface area contributed by atoms with E-state index in [1.807, 2.05) is 12.1 Å². The second-order valence-corrected chi connectivity index (χ2v) is 11.8. The minimum Gasteiger partial charge on any atom is -0.456 e. The van der Waals surface area contributed by atoms with Gasteiger partial charge in [-0.1, -0.05) is 103 Å². The number of anilines is 3. The van der Waals surface area contributed by atoms with E-state index >= 15 is 0 Å². The van der Waals surface area contributed by atoms with Crippen LogP contribution in [0.2, 0.25) is 0 Å². The summed E-state index contributed by atoms with van der Waals surface area (Å²) in [4.78, 5) is 7.66. The Morgan fingerprint density at radius 2 is 1.21 bits per heavy atom. The third-order valence-electron chi connectivity index (χ3n) is 8.26. The molecule has 2 heterocycles. The molecular weight excluding hydrogens is 545 g/mol. The monoisotopic (exact) mass is 568 g/mol. The molecule has 0 radical (unpaired) electrons. The molecule has 0 aliphatic rings. The highest BCUT2D eigenvalue weighted by atomic mass is 32.1. The number of thiazole rings is 1. The van der Waals surface area contributed by atoms with Gasteiger partial charge in [-0.25, -0.2) is 4.98 Å². The number of rotatable bonds is 4. The van der Waals surface area contributed by atoms with Gasteiger partial charge in [0, 0.05) is 39.2 Å². The molecule has 9 rings (SSSR count). The average molecular weight is 569 g/mol. The van der Waals surface area contributed by atoms with Crippen LogP contribution in [0.4, 0.5) is 17.1 Å². The first-order valence-electron chi connectivity index (χ1n) is 14.4. The maximum atomic E-state index is 6.35. The molecule has 4 heteroatoms. The second kappa shape index (κ2) is 9.55. The zero-order valence-corrected chi connectivity index (χ0v) is 23.9. The Kier molecular flexibility index (Phi) is 5.37. The molecule has 3 nitrogen and oxygen atoms in total. The number of aromatic nitrogens is 1. The summed E-state index contributed by atoms with van der Waals surface area (Å²) in [7, 11) is 0. The third-order valence-corrected chi connectivity index (χ3v) is 9.40. The lowest BCUT2D eigenvalue weighted by molar-refractivity contribution is 0.669. The number of fused-ring (bicyclic) bond motifs is 8. The summed E-state index contributed by atoms with van der Waals surface area (Å²) in [6.07, 6.45) is 0. The first kappa shape index (κ1) is 24.2. The maximum absolute atomic E-state index is 6.35. The van der Waals surface area contributed by atoms with E-state index in [0.717, 1.165) is 55.1 Å². The number of furan rings is 1. The summed E-state index contributed by atoms with van der Waals surface area (Å²) in [5, 5.41) is 8.15. The van der Waals surface area contributed by atoms with Gasteiger partial charge in [0.1, 0.15) is 21.7 Å². The zero-order chi connectivity index (χ0) is 28.3. The minimum absolute atomic E-state index is 0.866. The van der Waals surface area contributed by atoms with Crippen LogP contribution >= 0.6 is 11.3 Å². The summed E-state index contributed by atoms with van der Waals surface area (Å²) >= 11 is 1.76. The van der Waals surface area contributed by atoms with Gasteiger partial charge in [-0.05, 0) is 52.6 Å². The van der Waals surface area contributed by atoms with Crippen molar-refractivity contribution in [1.29, 1.82) is 0 Å². The molecule has 0 bridgehead atoms. The lowest BCUT2D eigenvalue weighted by Gasteiger charge is -2.26. The fourth-order valence-corrected chi connectivity index (χ4v) is 7.38. The van der Waals surface area contributed by atoms with Gasteiger partial charge < -0.3 is 9.32 Å². The SMILES string of the molecule is c1ccc(-c2nc3c(N(c4ccccc4)c4ccc5c(c4)oc4ccccc45)cc4c5ccccc5ccc4c3s2)cc1. The molecule has 0 aliphatic heterocycles. The Morgan fingerprint density at radius 1 is 0.512 bits per heavy atom. The number of hydrogen-bond acceptors (Lipinski definition) is 4. The molecule has 0 saturated heterocycles. The van der Waals surface area contributed by atoms with Crippen molar-refractivity contribution in [3.8, 4) is 10.6 Å². The molecule has 202 valence electrons. The summed E-state index contributed by atoms with van der Waals surface area (Å²) in [6.45, 7) is 0. The predicted molar refractivity (Wildman–Crippen MR) is 182 cm³/mol. The summed E-state index contributed by atoms with van der Waals surface area (Å²) < 4.78 is 7.54. The van der Waals surface area contributed by atoms with Crippen LogP contribution in [0, 0.1) is 0 Å². The molecule has 9 aromatic rings. The van der Waals surface area contributed by atoms with Crippen LogP contribution < -0.4 is 4.90 Å². The fourth-order valence-electron chi connectivity index (χ4n) is 6.26. The van der Waals surface area contributed by atoms with E-state index in [9.17, 15) is 0 Å². The number of nitrogens with zero attached hydrogens (tertiary/aromatic N) is 2. The smallest absolute Gasteiger partial charge is 0.137 e. The van der Waals surface area contributed by atoms with Crippen LogP contribution in [0.15, 0.2) is 150 Å². The molecule has 7 aromatic carbocycles. The first-order valence-corrected chi connectivity index (χ1v) is 15.2. The molecular formula is C39H24N2OS. The van der Waals surface area contributed by atoms with Crippen molar-refractivity contribution in [2.75, 3.05) is 4.90 Å². The van der Waals surface area contributed by atoms with Gasteiger partial charge in [-0.3, -0.25) is 0 Å². The largest absolute Gasteiger partial charge is 0.456 e. The number of para-hydroxylation sites is 2. The molecule has 0 spiro atoms. The van der Waals surface area contributed by atoms with Crippen molar-refractivity contribution in [2.45, 2.75) is 0 Å². The van der Waals surface area contributed by atoms with E-state index in [4.69, 9.17) is 9.40 Å². The van der Waals surface area contributed by atoms with E-state index < -0.39 is 0 Å². The Bertz CT molecular complexity index is 2460. The van der Waals surface area contributed by atoms with Crippen molar-refractivity contribution in [3.63, 3.8) is 0 Å². The standard InChI is InChI=1S/C39H24N2OS/c1-3-12-26(13-4-1)39-40-37-34(24-33-29-16-8-7-11-25(29)19-21-32(33)38(37)43-39)41(27-14-5-2-6-15-27)28-20-22-31-30-17-9-10-18-35(30)42-36(31)23-28/h1-24H. The fraction of sp³-hybridized carbons (Fsp3) is 0. The lowest BCUT2D eigenvalue weighted by Crippen LogP contribution is -2.10. The van der Waals surface area contributed by atoms with E-state index in [-0.39, 0.29) is 0 Å². The quantitative estimate of drug-likeness (QED) is 0.198. The predicted octanol–water partition coefficient (Wildman–Crippen LogP) is 11.6. The summed E-state index contributed by atoms with van der Waals surface area (Å²) in [6, 6.07) is 51.2. The van der Waals surface area contributed by atoms with Crippen LogP contribution in [0.3, 0.4) is 0 Å². The molecule has 0 aliphatic carbocycles. The average Bonchev–Trinajstić information content (AvgIpc) is 3.68. The number of hydrogen-bond donors (Lipinski definition) is 0. The Labute approximate surface area is 251 Å². The van der Waals surface area contributed by atoms with Gasteiger partial charge in [0.25, 0.3) is 0 Å². The van der Waals surface area contributed by atoms with Gasteiger partial charge in [-0.15, -0.1) is 11.3 Å². The van der Waals surface area contributed by atoms with Gasteiger partial charge in [0.2, 0.25) is 0 Å². The second-order valence-electron chi connectivity index (χ2n) is 10.8. The van der Waals surface area contributed by atoms with Crippen LogP contribution in [-0.4, -0.2) is 4.98 Å². The molecule has 2 aromatic heterocycles. The minimum atomic E-state index is 0.866. The van der Waals surface area contributed by atoms with E-state index in [2.05, 4.69) is 138 Å². The summed E-state index contributed by atoms with van der Waals surface area (Å²) in [5.41, 5.74) is 7.00. The van der Waals surface area contributed by atoms with Crippen molar-refractivity contribution in [1.82, 2.24) is 4.98 Å². The van der Waals surface area contributed by atoms with Crippen molar-refractivity contribution in [3.05, 3.63) is 146 Å². The Balaban J connectivity index is 1.38. The molecule has 0 fully saturated rings. The highest BCUT2D eigenvalue weighted by Crippen LogP contribution is 2.47. The number of benzene rings is 7. The first-order chi connectivity index (χ1) is 21.3. The van der Waals surface area contributed by atoms with Gasteiger partial charge >= 0.3 is 0 Å². The molecule has 0 unspecified atom stereocenters. The van der Waals surface area contributed by atoms with Crippen LogP contribution in [-0.2, 0) is 0 Å². The van der Waals surface area contributed by atoms with Gasteiger partial charge in [0.05, 0.1) is 10.4 Å². The van der Waals surface area contributed by atoms with E-state index in [1.54, 1.807) is 11.3 Å². The lowest BCUT2D eigenvalue weighted by atomic mass is 10.00. The molecule has 43 heavy (non-hydrogen) atoms. The van der Waals surface area contributed by atoms with Crippen molar-refractivity contribution < 1.29 is 4.42 Å². The van der Waals surface area contributed by atoms with Gasteiger partial charge in [0.15, 0.2) is 0 Å². The summed E-state index contributed by atoms with van der Waals surface area (Å²) in [5.74, 6) is 0. The molecule has 0 atom stereocenters. The zero-order valence-electron chi connectivity index (χ0n) is 23.1. The highest BCUT2D eigenvalue weighted by molar-refractivity contribution is 7.22.